The number of fused-ring (bicyclic) bond motifs is 1. The standard InChI is InChI=1S/C28H26N2O3/c1-29(2)20-13-9-18(10-14-20)26(19-11-15-21(16-12-19)30(3)4)24-17-25(28(32)33)27(31)23-8-6-5-7-22(23)24/h5-17H,1-4H3,(H,32,33)/p+1. The van der Waals surface area contributed by atoms with Gasteiger partial charge in [0.05, 0.1) is 14.1 Å². The molecule has 0 spiro atoms. The van der Waals surface area contributed by atoms with Gasteiger partial charge in [-0.2, -0.15) is 0 Å². The van der Waals surface area contributed by atoms with Gasteiger partial charge < -0.3 is 14.9 Å². The summed E-state index contributed by atoms with van der Waals surface area (Å²) in [6, 6.07) is 23.6. The Morgan fingerprint density at radius 2 is 1.36 bits per heavy atom. The van der Waals surface area contributed by atoms with Crippen LogP contribution in [0, 0.1) is 0 Å². The molecule has 2 N–H and O–H groups in total. The number of carbonyl (C=O) groups excluding carboxylic acids is 1. The molecule has 166 valence electrons. The van der Waals surface area contributed by atoms with Crippen LogP contribution in [-0.4, -0.2) is 45.0 Å². The Balaban J connectivity index is 2.04. The molecule has 0 bridgehead atoms. The van der Waals surface area contributed by atoms with E-state index in [9.17, 15) is 14.7 Å². The number of rotatable bonds is 5. The van der Waals surface area contributed by atoms with Crippen molar-refractivity contribution in [1.82, 2.24) is 0 Å². The number of quaternary nitrogens is 1. The van der Waals surface area contributed by atoms with Gasteiger partial charge in [-0.3, -0.25) is 4.79 Å². The Morgan fingerprint density at radius 3 is 1.88 bits per heavy atom. The topological polar surface area (TPSA) is 62.1 Å². The molecule has 0 saturated heterocycles. The average molecular weight is 440 g/mol. The molecule has 1 aliphatic rings. The van der Waals surface area contributed by atoms with Crippen molar-refractivity contribution in [2.45, 2.75) is 0 Å². The van der Waals surface area contributed by atoms with E-state index < -0.39 is 11.8 Å². The third-order valence-corrected chi connectivity index (χ3v) is 5.92. The summed E-state index contributed by atoms with van der Waals surface area (Å²) in [5.41, 5.74) is 6.65. The maximum absolute atomic E-state index is 12.9. The highest BCUT2D eigenvalue weighted by molar-refractivity contribution is 6.29. The third-order valence-electron chi connectivity index (χ3n) is 5.92. The molecule has 0 fully saturated rings. The number of anilines is 1. The Labute approximate surface area is 193 Å². The maximum atomic E-state index is 12.9. The summed E-state index contributed by atoms with van der Waals surface area (Å²) >= 11 is 0. The summed E-state index contributed by atoms with van der Waals surface area (Å²) in [7, 11) is 8.11. The quantitative estimate of drug-likeness (QED) is 0.595. The summed E-state index contributed by atoms with van der Waals surface area (Å²) in [6.45, 7) is 0. The molecule has 0 atom stereocenters. The van der Waals surface area contributed by atoms with Crippen molar-refractivity contribution in [1.29, 1.82) is 0 Å². The largest absolute Gasteiger partial charge is 0.478 e. The third kappa shape index (κ3) is 4.23. The molecule has 0 heterocycles. The number of aliphatic carboxylic acids is 1. The van der Waals surface area contributed by atoms with Gasteiger partial charge in [0.25, 0.3) is 0 Å². The predicted octanol–water partition coefficient (Wildman–Crippen LogP) is 3.70. The predicted molar refractivity (Wildman–Crippen MR) is 132 cm³/mol. The monoisotopic (exact) mass is 439 g/mol. The molecular weight excluding hydrogens is 412 g/mol. The summed E-state index contributed by atoms with van der Waals surface area (Å²) in [5, 5.41) is 9.75. The summed E-state index contributed by atoms with van der Waals surface area (Å²) in [5.74, 6) is -1.68. The number of Topliss-reactive ketones (excluding diaryl/α,β-unsaturated/α-hetero) is 1. The van der Waals surface area contributed by atoms with E-state index >= 15 is 0 Å². The van der Waals surface area contributed by atoms with Crippen LogP contribution < -0.4 is 9.80 Å². The highest BCUT2D eigenvalue weighted by Gasteiger charge is 2.29. The number of ketones is 1. The first-order valence-electron chi connectivity index (χ1n) is 10.8. The fourth-order valence-corrected chi connectivity index (χ4v) is 4.09. The Kier molecular flexibility index (Phi) is 5.99. The highest BCUT2D eigenvalue weighted by Crippen LogP contribution is 2.39. The highest BCUT2D eigenvalue weighted by atomic mass is 16.4. The number of carboxylic acids is 1. The van der Waals surface area contributed by atoms with Crippen LogP contribution in [0.5, 0.6) is 0 Å². The second-order valence-corrected chi connectivity index (χ2v) is 8.55. The van der Waals surface area contributed by atoms with Gasteiger partial charge in [0.1, 0.15) is 11.3 Å². The maximum Gasteiger partial charge on any atom is 0.339 e. The van der Waals surface area contributed by atoms with Crippen LogP contribution in [0.25, 0.3) is 11.1 Å². The average Bonchev–Trinajstić information content (AvgIpc) is 2.81. The van der Waals surface area contributed by atoms with Crippen molar-refractivity contribution in [2.75, 3.05) is 33.1 Å². The van der Waals surface area contributed by atoms with E-state index in [0.29, 0.717) is 5.56 Å². The Hall–Kier alpha value is -3.96. The molecule has 33 heavy (non-hydrogen) atoms. The normalized spacial score (nSPS) is 14.6. The van der Waals surface area contributed by atoms with Crippen LogP contribution in [0.4, 0.5) is 11.4 Å². The lowest BCUT2D eigenvalue weighted by atomic mass is 9.81. The number of hydrogen-bond donors (Lipinski definition) is 2. The number of nitrogens with one attached hydrogen (secondary N) is 1. The first-order chi connectivity index (χ1) is 15.8. The number of carbonyl (C=O) groups is 2. The summed E-state index contributed by atoms with van der Waals surface area (Å²) in [4.78, 5) is 28.0. The summed E-state index contributed by atoms with van der Waals surface area (Å²) in [6.07, 6.45) is 1.52. The molecule has 5 heteroatoms. The number of nitrogens with zero attached hydrogens (tertiary/aromatic N) is 1. The molecule has 1 aliphatic carbocycles. The van der Waals surface area contributed by atoms with Crippen LogP contribution >= 0.6 is 0 Å². The van der Waals surface area contributed by atoms with Gasteiger partial charge in [0.15, 0.2) is 0 Å². The SMILES string of the molecule is CN(C)c1ccc(C(=C2C=C(C(=O)O)C(=O)c3ccccc32)c2ccc([NH+](C)C)cc2)cc1. The summed E-state index contributed by atoms with van der Waals surface area (Å²) < 4.78 is 0. The van der Waals surface area contributed by atoms with E-state index in [1.54, 1.807) is 12.1 Å². The molecule has 5 nitrogen and oxygen atoms in total. The minimum absolute atomic E-state index is 0.222. The number of allylic oxidation sites excluding steroid dienone is 2. The van der Waals surface area contributed by atoms with Crippen LogP contribution in [0.3, 0.4) is 0 Å². The molecule has 0 amide bonds. The Bertz CT molecular complexity index is 1230. The van der Waals surface area contributed by atoms with Gasteiger partial charge in [-0.1, -0.05) is 36.4 Å². The molecule has 4 rings (SSSR count). The van der Waals surface area contributed by atoms with Crippen molar-refractivity contribution in [3.05, 3.63) is 107 Å². The van der Waals surface area contributed by atoms with Gasteiger partial charge in [-0.25, -0.2) is 4.79 Å². The van der Waals surface area contributed by atoms with Gasteiger partial charge in [0.2, 0.25) is 5.78 Å². The second kappa shape index (κ2) is 8.88. The van der Waals surface area contributed by atoms with Crippen LogP contribution in [-0.2, 0) is 4.79 Å². The number of carboxylic acid groups (broad SMARTS) is 1. The zero-order chi connectivity index (χ0) is 23.7. The Morgan fingerprint density at radius 1 is 0.818 bits per heavy atom. The van der Waals surface area contributed by atoms with E-state index in [2.05, 4.69) is 38.4 Å². The van der Waals surface area contributed by atoms with E-state index in [0.717, 1.165) is 39.2 Å². The smallest absolute Gasteiger partial charge is 0.339 e. The lowest BCUT2D eigenvalue weighted by Crippen LogP contribution is -3.00. The first kappa shape index (κ1) is 22.2. The van der Waals surface area contributed by atoms with Crippen molar-refractivity contribution in [2.24, 2.45) is 0 Å². The molecular formula is C28H27N2O3+. The first-order valence-corrected chi connectivity index (χ1v) is 10.8. The fraction of sp³-hybridized carbons (Fsp3) is 0.143. The van der Waals surface area contributed by atoms with Crippen LogP contribution in [0.1, 0.15) is 27.0 Å². The zero-order valence-electron chi connectivity index (χ0n) is 19.2. The molecule has 0 saturated carbocycles. The van der Waals surface area contributed by atoms with E-state index in [1.807, 2.05) is 55.4 Å². The number of hydrogen-bond acceptors (Lipinski definition) is 3. The van der Waals surface area contributed by atoms with Gasteiger partial charge in [-0.05, 0) is 70.3 Å². The van der Waals surface area contributed by atoms with E-state index in [1.165, 1.54) is 11.0 Å². The van der Waals surface area contributed by atoms with Crippen molar-refractivity contribution in [3.63, 3.8) is 0 Å². The van der Waals surface area contributed by atoms with Crippen molar-refractivity contribution >= 4 is 34.3 Å². The lowest BCUT2D eigenvalue weighted by Gasteiger charge is -2.22. The van der Waals surface area contributed by atoms with Crippen LogP contribution in [0.2, 0.25) is 0 Å². The molecule has 0 unspecified atom stereocenters. The molecule has 0 radical (unpaired) electrons. The van der Waals surface area contributed by atoms with Crippen LogP contribution in [0.15, 0.2) is 84.4 Å². The lowest BCUT2D eigenvalue weighted by molar-refractivity contribution is -0.786. The van der Waals surface area contributed by atoms with Gasteiger partial charge in [0, 0.05) is 25.3 Å². The fourth-order valence-electron chi connectivity index (χ4n) is 4.09. The molecule has 3 aromatic carbocycles. The minimum Gasteiger partial charge on any atom is -0.478 e. The second-order valence-electron chi connectivity index (χ2n) is 8.55. The van der Waals surface area contributed by atoms with E-state index in [4.69, 9.17) is 0 Å². The molecule has 0 aromatic heterocycles. The van der Waals surface area contributed by atoms with Gasteiger partial charge in [-0.15, -0.1) is 0 Å². The number of benzene rings is 3. The van der Waals surface area contributed by atoms with Gasteiger partial charge >= 0.3 is 5.97 Å². The van der Waals surface area contributed by atoms with Crippen molar-refractivity contribution < 1.29 is 19.6 Å². The minimum atomic E-state index is -1.22. The van der Waals surface area contributed by atoms with E-state index in [-0.39, 0.29) is 5.57 Å². The zero-order valence-corrected chi connectivity index (χ0v) is 19.2. The molecule has 3 aromatic rings. The van der Waals surface area contributed by atoms with Crippen molar-refractivity contribution in [3.8, 4) is 0 Å². The molecule has 0 aliphatic heterocycles.